The molecule has 108 valence electrons. The fourth-order valence-corrected chi connectivity index (χ4v) is 3.29. The number of hydrogen-bond donors (Lipinski definition) is 1. The molecule has 20 heavy (non-hydrogen) atoms. The Kier molecular flexibility index (Phi) is 4.94. The summed E-state index contributed by atoms with van der Waals surface area (Å²) >= 11 is 0. The highest BCUT2D eigenvalue weighted by molar-refractivity contribution is 5.40. The Balaban J connectivity index is 2.15. The molecule has 5 nitrogen and oxygen atoms in total. The van der Waals surface area contributed by atoms with Gasteiger partial charge in [0.1, 0.15) is 11.9 Å². The molecule has 2 heterocycles. The highest BCUT2D eigenvalue weighted by Crippen LogP contribution is 2.28. The van der Waals surface area contributed by atoms with Crippen molar-refractivity contribution >= 4 is 6.72 Å². The number of aliphatic hydroxyl groups excluding tert-OH is 1. The van der Waals surface area contributed by atoms with Gasteiger partial charge in [-0.1, -0.05) is 13.0 Å². The smallest absolute Gasteiger partial charge is 0.145 e. The zero-order valence-electron chi connectivity index (χ0n) is 11.8. The summed E-state index contributed by atoms with van der Waals surface area (Å²) in [6.45, 7) is 10.0. The molecule has 1 N–H and O–H groups in total. The lowest BCUT2D eigenvalue weighted by atomic mass is 9.93. The SMILES string of the molecule is C=C/C(C#N)=C(\N=C)N1CCN2C(CO)CCCC2C1. The maximum absolute atomic E-state index is 9.47. The minimum atomic E-state index is 0.231. The standard InChI is InChI=1S/C15H22N4O/c1-3-12(9-16)15(17-2)18-7-8-19-13(10-18)5-4-6-14(19)11-20/h3,13-14,20H,1-2,4-8,10-11H2/b15-12-. The summed E-state index contributed by atoms with van der Waals surface area (Å²) in [5.74, 6) is 0.633. The van der Waals surface area contributed by atoms with E-state index in [1.54, 1.807) is 0 Å². The van der Waals surface area contributed by atoms with E-state index in [0.717, 1.165) is 38.9 Å². The molecule has 2 atom stereocenters. The van der Waals surface area contributed by atoms with Gasteiger partial charge in [-0.25, -0.2) is 4.99 Å². The quantitative estimate of drug-likeness (QED) is 0.474. The molecule has 2 fully saturated rings. The lowest BCUT2D eigenvalue weighted by Gasteiger charge is -2.48. The summed E-state index contributed by atoms with van der Waals surface area (Å²) < 4.78 is 0. The molecule has 0 aromatic heterocycles. The zero-order valence-corrected chi connectivity index (χ0v) is 11.8. The van der Waals surface area contributed by atoms with Gasteiger partial charge in [0.2, 0.25) is 0 Å². The lowest BCUT2D eigenvalue weighted by molar-refractivity contribution is -0.000908. The van der Waals surface area contributed by atoms with Gasteiger partial charge in [-0.15, -0.1) is 0 Å². The average Bonchev–Trinajstić information content (AvgIpc) is 2.51. The monoisotopic (exact) mass is 274 g/mol. The molecule has 2 aliphatic heterocycles. The van der Waals surface area contributed by atoms with Gasteiger partial charge in [0.05, 0.1) is 12.2 Å². The summed E-state index contributed by atoms with van der Waals surface area (Å²) in [7, 11) is 0. The molecule has 0 bridgehead atoms. The second kappa shape index (κ2) is 6.69. The van der Waals surface area contributed by atoms with Crippen LogP contribution in [0.1, 0.15) is 19.3 Å². The predicted molar refractivity (Wildman–Crippen MR) is 79.2 cm³/mol. The van der Waals surface area contributed by atoms with Gasteiger partial charge in [0.15, 0.2) is 0 Å². The molecular weight excluding hydrogens is 252 g/mol. The van der Waals surface area contributed by atoms with Crippen molar-refractivity contribution in [3.8, 4) is 6.07 Å². The normalized spacial score (nSPS) is 28.1. The number of rotatable bonds is 4. The Morgan fingerprint density at radius 1 is 1.45 bits per heavy atom. The zero-order chi connectivity index (χ0) is 14.5. The third kappa shape index (κ3) is 2.77. The second-order valence-electron chi connectivity index (χ2n) is 5.32. The minimum Gasteiger partial charge on any atom is -0.395 e. The van der Waals surface area contributed by atoms with Crippen molar-refractivity contribution in [2.24, 2.45) is 4.99 Å². The highest BCUT2D eigenvalue weighted by atomic mass is 16.3. The van der Waals surface area contributed by atoms with Crippen LogP contribution in [-0.4, -0.2) is 59.9 Å². The van der Waals surface area contributed by atoms with Crippen molar-refractivity contribution in [3.63, 3.8) is 0 Å². The van der Waals surface area contributed by atoms with E-state index in [0.29, 0.717) is 17.4 Å². The minimum absolute atomic E-state index is 0.231. The van der Waals surface area contributed by atoms with E-state index in [-0.39, 0.29) is 12.6 Å². The Labute approximate surface area is 120 Å². The molecule has 0 saturated carbocycles. The number of piperazine rings is 1. The Bertz CT molecular complexity index is 451. The molecule has 2 rings (SSSR count). The van der Waals surface area contributed by atoms with Crippen molar-refractivity contribution in [2.75, 3.05) is 26.2 Å². The highest BCUT2D eigenvalue weighted by Gasteiger charge is 2.35. The molecule has 0 spiro atoms. The van der Waals surface area contributed by atoms with E-state index in [2.05, 4.69) is 34.2 Å². The van der Waals surface area contributed by atoms with Crippen molar-refractivity contribution in [1.82, 2.24) is 9.80 Å². The predicted octanol–water partition coefficient (Wildman–Crippen LogP) is 1.14. The van der Waals surface area contributed by atoms with Gasteiger partial charge in [0, 0.05) is 31.7 Å². The van der Waals surface area contributed by atoms with Crippen LogP contribution in [0.2, 0.25) is 0 Å². The summed E-state index contributed by atoms with van der Waals surface area (Å²) in [5, 5.41) is 18.6. The van der Waals surface area contributed by atoms with Crippen LogP contribution in [0.25, 0.3) is 0 Å². The number of aliphatic imine (C=N–C) groups is 1. The van der Waals surface area contributed by atoms with Gasteiger partial charge in [-0.3, -0.25) is 4.90 Å². The first-order valence-corrected chi connectivity index (χ1v) is 7.10. The van der Waals surface area contributed by atoms with Crippen LogP contribution < -0.4 is 0 Å². The number of nitriles is 1. The molecule has 0 aliphatic carbocycles. The van der Waals surface area contributed by atoms with Gasteiger partial charge in [-0.05, 0) is 25.6 Å². The Morgan fingerprint density at radius 3 is 2.85 bits per heavy atom. The van der Waals surface area contributed by atoms with Crippen LogP contribution >= 0.6 is 0 Å². The maximum atomic E-state index is 9.47. The first-order chi connectivity index (χ1) is 9.74. The molecular formula is C15H22N4O. The number of aliphatic hydroxyl groups is 1. The first kappa shape index (κ1) is 14.8. The summed E-state index contributed by atoms with van der Waals surface area (Å²) in [6.07, 6.45) is 4.89. The molecule has 2 unspecified atom stereocenters. The fourth-order valence-electron chi connectivity index (χ4n) is 3.29. The topological polar surface area (TPSA) is 62.9 Å². The van der Waals surface area contributed by atoms with Crippen LogP contribution in [0, 0.1) is 11.3 Å². The average molecular weight is 274 g/mol. The van der Waals surface area contributed by atoms with E-state index in [4.69, 9.17) is 5.26 Å². The van der Waals surface area contributed by atoms with Gasteiger partial charge < -0.3 is 10.0 Å². The summed E-state index contributed by atoms with van der Waals surface area (Å²) in [6, 6.07) is 2.84. The summed E-state index contributed by atoms with van der Waals surface area (Å²) in [4.78, 5) is 8.55. The van der Waals surface area contributed by atoms with Crippen molar-refractivity contribution in [3.05, 3.63) is 24.0 Å². The second-order valence-corrected chi connectivity index (χ2v) is 5.32. The molecule has 2 saturated heterocycles. The van der Waals surface area contributed by atoms with Crippen molar-refractivity contribution < 1.29 is 5.11 Å². The third-order valence-electron chi connectivity index (χ3n) is 4.30. The molecule has 0 aromatic rings. The maximum Gasteiger partial charge on any atom is 0.145 e. The summed E-state index contributed by atoms with van der Waals surface area (Å²) in [5.41, 5.74) is 0.475. The number of nitrogens with zero attached hydrogens (tertiary/aromatic N) is 4. The van der Waals surface area contributed by atoms with Gasteiger partial charge in [-0.2, -0.15) is 5.26 Å². The lowest BCUT2D eigenvalue weighted by Crippen LogP contribution is -2.58. The third-order valence-corrected chi connectivity index (χ3v) is 4.30. The largest absolute Gasteiger partial charge is 0.395 e. The van der Waals surface area contributed by atoms with Crippen LogP contribution in [0.15, 0.2) is 29.0 Å². The fraction of sp³-hybridized carbons (Fsp3) is 0.600. The van der Waals surface area contributed by atoms with Gasteiger partial charge in [0.25, 0.3) is 0 Å². The number of piperidine rings is 1. The number of fused-ring (bicyclic) bond motifs is 1. The van der Waals surface area contributed by atoms with Crippen molar-refractivity contribution in [1.29, 1.82) is 5.26 Å². The van der Waals surface area contributed by atoms with Crippen molar-refractivity contribution in [2.45, 2.75) is 31.3 Å². The van der Waals surface area contributed by atoms with Crippen LogP contribution in [0.4, 0.5) is 0 Å². The first-order valence-electron chi connectivity index (χ1n) is 7.10. The van der Waals surface area contributed by atoms with Crippen LogP contribution in [0.5, 0.6) is 0 Å². The molecule has 0 radical (unpaired) electrons. The number of allylic oxidation sites excluding steroid dienone is 2. The van der Waals surface area contributed by atoms with Gasteiger partial charge >= 0.3 is 0 Å². The Hall–Kier alpha value is -1.64. The number of hydrogen-bond acceptors (Lipinski definition) is 5. The molecule has 5 heteroatoms. The van der Waals surface area contributed by atoms with E-state index in [1.165, 1.54) is 6.08 Å². The van der Waals surface area contributed by atoms with Crippen LogP contribution in [0.3, 0.4) is 0 Å². The van der Waals surface area contributed by atoms with E-state index < -0.39 is 0 Å². The molecule has 0 aromatic carbocycles. The van der Waals surface area contributed by atoms with E-state index in [1.807, 2.05) is 0 Å². The van der Waals surface area contributed by atoms with E-state index in [9.17, 15) is 5.11 Å². The van der Waals surface area contributed by atoms with Crippen LogP contribution in [-0.2, 0) is 0 Å². The Morgan fingerprint density at radius 2 is 2.25 bits per heavy atom. The van der Waals surface area contributed by atoms with E-state index >= 15 is 0 Å². The molecule has 0 amide bonds. The molecule has 2 aliphatic rings.